The number of anilines is 4. The van der Waals surface area contributed by atoms with Crippen LogP contribution in [0.5, 0.6) is 11.5 Å². The fourth-order valence-electron chi connectivity index (χ4n) is 10.6. The number of aromatic nitrogens is 2. The summed E-state index contributed by atoms with van der Waals surface area (Å²) in [6.07, 6.45) is 1.49. The highest BCUT2D eigenvalue weighted by molar-refractivity contribution is 6.09. The summed E-state index contributed by atoms with van der Waals surface area (Å²) in [6, 6.07) is 71.5. The first-order valence-corrected chi connectivity index (χ1v) is 24.9. The molecule has 0 amide bonds. The molecule has 0 saturated carbocycles. The third-order valence-electron chi connectivity index (χ3n) is 15.3. The maximum atomic E-state index is 8.41. The first-order valence-electron chi connectivity index (χ1n) is 27.9. The third-order valence-corrected chi connectivity index (χ3v) is 15.3. The molecule has 0 spiro atoms. The average molecular weight is 947 g/mol. The lowest BCUT2D eigenvalue weighted by molar-refractivity contribution is 0.480. The van der Waals surface area contributed by atoms with Crippen molar-refractivity contribution in [3.05, 3.63) is 251 Å². The van der Waals surface area contributed by atoms with Crippen LogP contribution in [0.25, 0.3) is 27.6 Å². The number of benzene rings is 8. The summed E-state index contributed by atoms with van der Waals surface area (Å²) in [5.74, 6) is 1.62. The molecule has 0 unspecified atom stereocenters. The van der Waals surface area contributed by atoms with E-state index in [-0.39, 0.29) is 16.4 Å². The van der Waals surface area contributed by atoms with E-state index in [0.717, 1.165) is 55.7 Å². The van der Waals surface area contributed by atoms with Crippen molar-refractivity contribution in [2.24, 2.45) is 0 Å². The van der Waals surface area contributed by atoms with Crippen LogP contribution in [0.15, 0.2) is 212 Å². The quantitative estimate of drug-likeness (QED) is 0.129. The Morgan fingerprint density at radius 1 is 0.417 bits per heavy atom. The highest BCUT2D eigenvalue weighted by Gasteiger charge is 2.34. The molecule has 0 fully saturated rings. The molecule has 0 saturated heterocycles. The number of rotatable bonds is 11. The van der Waals surface area contributed by atoms with E-state index in [1.54, 1.807) is 6.07 Å². The molecule has 10 aromatic rings. The number of hydrogen-bond donors (Lipinski definition) is 0. The molecule has 0 bridgehead atoms. The Kier molecular flexibility index (Phi) is 9.81. The molecule has 2 aromatic heterocycles. The number of pyridine rings is 1. The van der Waals surface area contributed by atoms with Gasteiger partial charge >= 0.3 is 0 Å². The van der Waals surface area contributed by atoms with Crippen LogP contribution < -0.4 is 14.5 Å². The second-order valence-corrected chi connectivity index (χ2v) is 21.1. The first-order chi connectivity index (χ1) is 37.1. The van der Waals surface area contributed by atoms with E-state index in [2.05, 4.69) is 197 Å². The van der Waals surface area contributed by atoms with Crippen molar-refractivity contribution in [3.8, 4) is 17.3 Å². The first kappa shape index (κ1) is 39.8. The Hall–Kier alpha value is -7.89. The minimum absolute atomic E-state index is 0.151. The average Bonchev–Trinajstić information content (AvgIpc) is 4.13. The molecule has 72 heavy (non-hydrogen) atoms. The molecule has 358 valence electrons. The van der Waals surface area contributed by atoms with Crippen molar-refractivity contribution in [1.82, 2.24) is 9.55 Å². The van der Waals surface area contributed by atoms with Crippen LogP contribution in [0.2, 0.25) is 0 Å². The highest BCUT2D eigenvalue weighted by atomic mass is 16.5. The van der Waals surface area contributed by atoms with E-state index in [1.165, 1.54) is 41.4 Å². The number of hydrogen-bond acceptors (Lipinski definition) is 4. The van der Waals surface area contributed by atoms with Crippen LogP contribution in [0.1, 0.15) is 109 Å². The van der Waals surface area contributed by atoms with Crippen LogP contribution in [-0.4, -0.2) is 16.2 Å². The molecule has 5 nitrogen and oxygen atoms in total. The maximum Gasteiger partial charge on any atom is 0.137 e. The number of para-hydroxylation sites is 3. The number of ether oxygens (including phenoxy) is 1. The minimum atomic E-state index is -2.83. The van der Waals surface area contributed by atoms with E-state index in [0.29, 0.717) is 24.0 Å². The van der Waals surface area contributed by atoms with E-state index in [4.69, 9.17) is 17.9 Å². The van der Waals surface area contributed by atoms with Crippen molar-refractivity contribution in [1.29, 1.82) is 0 Å². The Morgan fingerprint density at radius 3 is 1.46 bits per heavy atom. The predicted molar refractivity (Wildman–Crippen MR) is 302 cm³/mol. The summed E-state index contributed by atoms with van der Waals surface area (Å²) in [5.41, 5.74) is 9.97. The van der Waals surface area contributed by atoms with Crippen LogP contribution in [0.4, 0.5) is 22.7 Å². The zero-order valence-electron chi connectivity index (χ0n) is 48.1. The topological polar surface area (TPSA) is 33.5 Å². The van der Waals surface area contributed by atoms with Crippen molar-refractivity contribution in [3.63, 3.8) is 0 Å². The summed E-state index contributed by atoms with van der Waals surface area (Å²) in [7, 11) is 0. The lowest BCUT2D eigenvalue weighted by atomic mass is 9.73. The fraction of sp³-hybridized carbons (Fsp3) is 0.209. The summed E-state index contributed by atoms with van der Waals surface area (Å²) < 4.78 is 59.5. The predicted octanol–water partition coefficient (Wildman–Crippen LogP) is 17.5. The molecule has 1 aliphatic rings. The minimum Gasteiger partial charge on any atom is -0.457 e. The van der Waals surface area contributed by atoms with Gasteiger partial charge in [-0.1, -0.05) is 190 Å². The molecule has 11 rings (SSSR count). The van der Waals surface area contributed by atoms with Crippen molar-refractivity contribution in [2.45, 2.75) is 83.8 Å². The number of nitrogens with zero attached hydrogens (tertiary/aromatic N) is 4. The van der Waals surface area contributed by atoms with Crippen molar-refractivity contribution >= 4 is 44.6 Å². The van der Waals surface area contributed by atoms with Crippen LogP contribution in [0.3, 0.4) is 0 Å². The van der Waals surface area contributed by atoms with Gasteiger partial charge in [-0.25, -0.2) is 4.98 Å². The zero-order chi connectivity index (χ0) is 55.0. The molecule has 0 atom stereocenters. The van der Waals surface area contributed by atoms with Crippen LogP contribution in [0, 0.1) is 0 Å². The molecule has 8 aromatic carbocycles. The largest absolute Gasteiger partial charge is 0.457 e. The van der Waals surface area contributed by atoms with Crippen molar-refractivity contribution < 1.29 is 13.0 Å². The van der Waals surface area contributed by atoms with Gasteiger partial charge in [-0.3, -0.25) is 4.57 Å². The van der Waals surface area contributed by atoms with E-state index >= 15 is 0 Å². The molecule has 1 aliphatic heterocycles. The Bertz CT molecular complexity index is 3760. The Labute approximate surface area is 434 Å². The molecule has 0 aliphatic carbocycles. The highest BCUT2D eigenvalue weighted by Crippen LogP contribution is 2.49. The van der Waals surface area contributed by atoms with Gasteiger partial charge in [-0.15, -0.1) is 0 Å². The van der Waals surface area contributed by atoms with Gasteiger partial charge in [0.2, 0.25) is 0 Å². The lowest BCUT2D eigenvalue weighted by Gasteiger charge is -2.33. The summed E-state index contributed by atoms with van der Waals surface area (Å²) >= 11 is 0. The van der Waals surface area contributed by atoms with Gasteiger partial charge in [0, 0.05) is 64.9 Å². The van der Waals surface area contributed by atoms with E-state index in [9.17, 15) is 0 Å². The summed E-state index contributed by atoms with van der Waals surface area (Å²) in [5, 5.41) is 1.89. The fourth-order valence-corrected chi connectivity index (χ4v) is 10.6. The monoisotopic (exact) mass is 947 g/mol. The maximum absolute atomic E-state index is 8.41. The standard InChI is InChI=1S/C67H64N4O/c1-64(2,3)49-35-36-68-63(42-49)71-59-30-20-19-29-57(59)58-34-33-55(44-62(58)71)72-56-41-52(67(8,9)48-27-17-12-18-28-48)40-54(43-56)70-45-69(60-31-21-22-32-61(60)70)53-38-50(65(4,5)46-23-13-10-14-24-46)37-51(39-53)66(6,7)47-25-15-11-16-26-47/h10-44H,45H2,1-9H3/i1D3,2D3. The SMILES string of the molecule is [2H]C([2H])([2H])C(C)(c1ccnc(-n2c3ccccc3c3ccc(Oc4cc(N5CN(c6cc(C(C)(C)c7ccccc7)cc(C(C)(C)c7ccccc7)c6)c6ccccc65)cc(C(C)(C)c5ccccc5)c4)cc32)c1)C([2H])([2H])[2H]. The molecule has 0 N–H and O–H groups in total. The number of fused-ring (bicyclic) bond motifs is 4. The summed E-state index contributed by atoms with van der Waals surface area (Å²) in [4.78, 5) is 9.57. The molecular formula is C67H64N4O. The van der Waals surface area contributed by atoms with Gasteiger partial charge in [0.25, 0.3) is 0 Å². The van der Waals surface area contributed by atoms with Crippen LogP contribution in [-0.2, 0) is 21.7 Å². The molecule has 3 heterocycles. The molecule has 5 heteroatoms. The van der Waals surface area contributed by atoms with Crippen molar-refractivity contribution in [2.75, 3.05) is 16.5 Å². The lowest BCUT2D eigenvalue weighted by Crippen LogP contribution is -2.27. The molecule has 0 radical (unpaired) electrons. The second-order valence-electron chi connectivity index (χ2n) is 21.1. The zero-order valence-corrected chi connectivity index (χ0v) is 42.1. The van der Waals surface area contributed by atoms with Crippen LogP contribution >= 0.6 is 0 Å². The van der Waals surface area contributed by atoms with Gasteiger partial charge in [0.1, 0.15) is 24.0 Å². The smallest absolute Gasteiger partial charge is 0.137 e. The second kappa shape index (κ2) is 17.8. The van der Waals surface area contributed by atoms with Gasteiger partial charge in [-0.2, -0.15) is 0 Å². The summed E-state index contributed by atoms with van der Waals surface area (Å²) in [6.45, 7) is 9.95. The van der Waals surface area contributed by atoms with Gasteiger partial charge in [-0.05, 0) is 111 Å². The van der Waals surface area contributed by atoms with Gasteiger partial charge < -0.3 is 14.5 Å². The Balaban J connectivity index is 1.04. The van der Waals surface area contributed by atoms with E-state index in [1.807, 2.05) is 53.1 Å². The van der Waals surface area contributed by atoms with Gasteiger partial charge in [0.15, 0.2) is 0 Å². The molecular weight excluding hydrogens is 877 g/mol. The van der Waals surface area contributed by atoms with Gasteiger partial charge in [0.05, 0.1) is 22.4 Å². The normalized spacial score (nSPS) is 14.8. The third kappa shape index (κ3) is 8.31. The Morgan fingerprint density at radius 2 is 0.903 bits per heavy atom. The van der Waals surface area contributed by atoms with E-state index < -0.39 is 24.5 Å².